The van der Waals surface area contributed by atoms with E-state index in [1.54, 1.807) is 4.90 Å². The van der Waals surface area contributed by atoms with Crippen molar-refractivity contribution in [1.82, 2.24) is 15.5 Å². The van der Waals surface area contributed by atoms with Crippen molar-refractivity contribution < 1.29 is 9.53 Å². The first-order valence-corrected chi connectivity index (χ1v) is 5.90. The number of hydrogen-bond acceptors (Lipinski definition) is 4. The summed E-state index contributed by atoms with van der Waals surface area (Å²) in [5.41, 5.74) is -0.411. The van der Waals surface area contributed by atoms with E-state index in [9.17, 15) is 4.79 Å². The van der Waals surface area contributed by atoms with Gasteiger partial charge in [-0.05, 0) is 20.8 Å². The molecule has 5 heteroatoms. The van der Waals surface area contributed by atoms with Crippen molar-refractivity contribution in [2.75, 3.05) is 26.2 Å². The Morgan fingerprint density at radius 3 is 2.12 bits per heavy atom. The molecule has 2 atom stereocenters. The Balaban J connectivity index is 1.90. The van der Waals surface area contributed by atoms with Crippen LogP contribution in [0.1, 0.15) is 20.8 Å². The zero-order valence-electron chi connectivity index (χ0n) is 10.2. The molecule has 0 bridgehead atoms. The van der Waals surface area contributed by atoms with Gasteiger partial charge in [-0.2, -0.15) is 0 Å². The number of nitrogens with zero attached hydrogens (tertiary/aromatic N) is 1. The molecule has 0 aromatic carbocycles. The number of carbonyl (C=O) groups excluding carboxylic acids is 1. The molecule has 2 heterocycles. The second kappa shape index (κ2) is 4.22. The first-order chi connectivity index (χ1) is 7.46. The molecule has 1 amide bonds. The average molecular weight is 227 g/mol. The van der Waals surface area contributed by atoms with Gasteiger partial charge in [0.05, 0.1) is 0 Å². The molecule has 0 saturated carbocycles. The molecule has 0 aromatic rings. The summed E-state index contributed by atoms with van der Waals surface area (Å²) in [4.78, 5) is 13.6. The molecule has 2 N–H and O–H groups in total. The summed E-state index contributed by atoms with van der Waals surface area (Å²) < 4.78 is 5.36. The lowest BCUT2D eigenvalue weighted by Crippen LogP contribution is -2.55. The van der Waals surface area contributed by atoms with Crippen LogP contribution in [0.2, 0.25) is 0 Å². The van der Waals surface area contributed by atoms with Crippen molar-refractivity contribution in [2.45, 2.75) is 38.5 Å². The van der Waals surface area contributed by atoms with Crippen LogP contribution in [0.25, 0.3) is 0 Å². The van der Waals surface area contributed by atoms with Crippen LogP contribution in [0.3, 0.4) is 0 Å². The Labute approximate surface area is 96.5 Å². The lowest BCUT2D eigenvalue weighted by Gasteiger charge is -2.26. The highest BCUT2D eigenvalue weighted by atomic mass is 16.6. The first-order valence-electron chi connectivity index (χ1n) is 5.90. The van der Waals surface area contributed by atoms with Gasteiger partial charge >= 0.3 is 6.09 Å². The monoisotopic (exact) mass is 227 g/mol. The Kier molecular flexibility index (Phi) is 3.08. The van der Waals surface area contributed by atoms with Crippen LogP contribution in [-0.4, -0.2) is 54.9 Å². The number of carbonyl (C=O) groups is 1. The fourth-order valence-corrected chi connectivity index (χ4v) is 2.21. The standard InChI is InChI=1S/C11H21N3O2/c1-11(2,3)16-10(15)14-6-8-9(7-14)13-5-4-12-8/h8-9,12-13H,4-7H2,1-3H3. The minimum Gasteiger partial charge on any atom is -0.444 e. The summed E-state index contributed by atoms with van der Waals surface area (Å²) in [6.07, 6.45) is -0.203. The van der Waals surface area contributed by atoms with Crippen molar-refractivity contribution in [1.29, 1.82) is 0 Å². The van der Waals surface area contributed by atoms with Gasteiger partial charge in [0.2, 0.25) is 0 Å². The summed E-state index contributed by atoms with van der Waals surface area (Å²) >= 11 is 0. The Hall–Kier alpha value is -0.810. The van der Waals surface area contributed by atoms with E-state index in [1.807, 2.05) is 20.8 Å². The fourth-order valence-electron chi connectivity index (χ4n) is 2.21. The van der Waals surface area contributed by atoms with Gasteiger partial charge in [0.15, 0.2) is 0 Å². The quantitative estimate of drug-likeness (QED) is 0.619. The minimum absolute atomic E-state index is 0.203. The zero-order chi connectivity index (χ0) is 11.8. The second-order valence-electron chi connectivity index (χ2n) is 5.51. The highest BCUT2D eigenvalue weighted by Gasteiger charge is 2.37. The molecule has 0 aliphatic carbocycles. The van der Waals surface area contributed by atoms with Gasteiger partial charge in [-0.1, -0.05) is 0 Å². The molecule has 2 fully saturated rings. The Morgan fingerprint density at radius 1 is 1.19 bits per heavy atom. The molecule has 92 valence electrons. The average Bonchev–Trinajstić information content (AvgIpc) is 2.58. The van der Waals surface area contributed by atoms with Gasteiger partial charge in [-0.15, -0.1) is 0 Å². The van der Waals surface area contributed by atoms with E-state index in [0.717, 1.165) is 26.2 Å². The van der Waals surface area contributed by atoms with Crippen molar-refractivity contribution in [2.24, 2.45) is 0 Å². The summed E-state index contributed by atoms with van der Waals surface area (Å²) in [6.45, 7) is 9.12. The Bertz CT molecular complexity index is 261. The number of nitrogens with one attached hydrogen (secondary N) is 2. The molecule has 2 aliphatic rings. The molecule has 0 aromatic heterocycles. The molecule has 2 unspecified atom stereocenters. The van der Waals surface area contributed by atoms with Crippen LogP contribution in [-0.2, 0) is 4.74 Å². The van der Waals surface area contributed by atoms with Crippen molar-refractivity contribution in [3.63, 3.8) is 0 Å². The van der Waals surface area contributed by atoms with Crippen molar-refractivity contribution >= 4 is 6.09 Å². The third kappa shape index (κ3) is 2.65. The maximum atomic E-state index is 11.9. The molecular formula is C11H21N3O2. The van der Waals surface area contributed by atoms with E-state index in [4.69, 9.17) is 4.74 Å². The lowest BCUT2D eigenvalue weighted by atomic mass is 10.1. The van der Waals surface area contributed by atoms with Crippen LogP contribution in [0.5, 0.6) is 0 Å². The maximum absolute atomic E-state index is 11.9. The third-order valence-electron chi connectivity index (χ3n) is 2.91. The zero-order valence-corrected chi connectivity index (χ0v) is 10.2. The fraction of sp³-hybridized carbons (Fsp3) is 0.909. The van der Waals surface area contributed by atoms with Crippen LogP contribution in [0.4, 0.5) is 4.79 Å². The number of likely N-dealkylation sites (tertiary alicyclic amines) is 1. The number of ether oxygens (including phenoxy) is 1. The molecule has 16 heavy (non-hydrogen) atoms. The van der Waals surface area contributed by atoms with Crippen LogP contribution in [0, 0.1) is 0 Å². The molecule has 5 nitrogen and oxygen atoms in total. The minimum atomic E-state index is -0.411. The van der Waals surface area contributed by atoms with Gasteiger partial charge in [0.1, 0.15) is 5.60 Å². The normalized spacial score (nSPS) is 30.1. The van der Waals surface area contributed by atoms with Gasteiger partial charge in [0.25, 0.3) is 0 Å². The Morgan fingerprint density at radius 2 is 1.69 bits per heavy atom. The summed E-state index contributed by atoms with van der Waals surface area (Å²) in [5, 5.41) is 6.83. The van der Waals surface area contributed by atoms with E-state index < -0.39 is 5.60 Å². The topological polar surface area (TPSA) is 53.6 Å². The largest absolute Gasteiger partial charge is 0.444 e. The molecule has 2 saturated heterocycles. The van der Waals surface area contributed by atoms with Crippen molar-refractivity contribution in [3.05, 3.63) is 0 Å². The molecular weight excluding hydrogens is 206 g/mol. The summed E-state index contributed by atoms with van der Waals surface area (Å²) in [6, 6.07) is 0.752. The van der Waals surface area contributed by atoms with Gasteiger partial charge in [0, 0.05) is 38.3 Å². The molecule has 2 aliphatic heterocycles. The first kappa shape index (κ1) is 11.7. The van der Waals surface area contributed by atoms with Gasteiger partial charge in [-0.25, -0.2) is 4.79 Å². The number of piperazine rings is 1. The lowest BCUT2D eigenvalue weighted by molar-refractivity contribution is 0.0289. The van der Waals surface area contributed by atoms with Crippen molar-refractivity contribution in [3.8, 4) is 0 Å². The van der Waals surface area contributed by atoms with E-state index in [0.29, 0.717) is 12.1 Å². The third-order valence-corrected chi connectivity index (χ3v) is 2.91. The summed E-state index contributed by atoms with van der Waals surface area (Å²) in [7, 11) is 0. The van der Waals surface area contributed by atoms with Gasteiger partial charge in [-0.3, -0.25) is 0 Å². The highest BCUT2D eigenvalue weighted by Crippen LogP contribution is 2.16. The SMILES string of the molecule is CC(C)(C)OC(=O)N1CC2NCCNC2C1. The summed E-state index contributed by atoms with van der Waals surface area (Å²) in [5.74, 6) is 0. The second-order valence-corrected chi connectivity index (χ2v) is 5.51. The smallest absolute Gasteiger partial charge is 0.410 e. The van der Waals surface area contributed by atoms with Crippen LogP contribution >= 0.6 is 0 Å². The molecule has 2 rings (SSSR count). The van der Waals surface area contributed by atoms with E-state index in [2.05, 4.69) is 10.6 Å². The molecule has 0 radical (unpaired) electrons. The predicted molar refractivity (Wildman–Crippen MR) is 61.4 cm³/mol. The molecule has 0 spiro atoms. The number of rotatable bonds is 0. The van der Waals surface area contributed by atoms with E-state index >= 15 is 0 Å². The van der Waals surface area contributed by atoms with Crippen LogP contribution < -0.4 is 10.6 Å². The number of hydrogen-bond donors (Lipinski definition) is 2. The number of fused-ring (bicyclic) bond motifs is 1. The van der Waals surface area contributed by atoms with E-state index in [1.165, 1.54) is 0 Å². The maximum Gasteiger partial charge on any atom is 0.410 e. The predicted octanol–water partition coefficient (Wildman–Crippen LogP) is 0.167. The van der Waals surface area contributed by atoms with Crippen LogP contribution in [0.15, 0.2) is 0 Å². The highest BCUT2D eigenvalue weighted by molar-refractivity contribution is 5.68. The number of amides is 1. The van der Waals surface area contributed by atoms with E-state index in [-0.39, 0.29) is 6.09 Å². The van der Waals surface area contributed by atoms with Gasteiger partial charge < -0.3 is 20.3 Å².